The zero-order valence-electron chi connectivity index (χ0n) is 9.37. The number of nitrogens with zero attached hydrogens (tertiary/aromatic N) is 3. The Morgan fingerprint density at radius 3 is 2.88 bits per heavy atom. The molecule has 0 saturated carbocycles. The van der Waals surface area contributed by atoms with E-state index in [1.54, 1.807) is 25.8 Å². The molecule has 0 radical (unpaired) electrons. The lowest BCUT2D eigenvalue weighted by molar-refractivity contribution is 0.415. The maximum Gasteiger partial charge on any atom is 0.121 e. The number of hydrogen-bond acceptors (Lipinski definition) is 3. The van der Waals surface area contributed by atoms with Crippen molar-refractivity contribution < 1.29 is 4.74 Å². The summed E-state index contributed by atoms with van der Waals surface area (Å²) in [4.78, 5) is 8.40. The van der Waals surface area contributed by atoms with Crippen LogP contribution in [0.2, 0.25) is 0 Å². The third-order valence-corrected chi connectivity index (χ3v) is 2.71. The van der Waals surface area contributed by atoms with Crippen molar-refractivity contribution >= 4 is 10.9 Å². The first-order valence-corrected chi connectivity index (χ1v) is 5.29. The van der Waals surface area contributed by atoms with Gasteiger partial charge >= 0.3 is 0 Å². The molecule has 2 heterocycles. The Balaban J connectivity index is 2.27. The van der Waals surface area contributed by atoms with Crippen molar-refractivity contribution in [2.45, 2.75) is 0 Å². The molecule has 0 amide bonds. The normalized spacial score (nSPS) is 10.6. The van der Waals surface area contributed by atoms with Crippen LogP contribution in [-0.2, 0) is 0 Å². The van der Waals surface area contributed by atoms with Crippen molar-refractivity contribution in [1.82, 2.24) is 14.5 Å². The molecule has 0 spiro atoms. The molecule has 1 aromatic carbocycles. The van der Waals surface area contributed by atoms with Crippen molar-refractivity contribution in [2.24, 2.45) is 0 Å². The number of benzene rings is 1. The first-order chi connectivity index (χ1) is 8.38. The molecule has 3 rings (SSSR count). The van der Waals surface area contributed by atoms with Gasteiger partial charge in [-0.3, -0.25) is 4.98 Å². The molecule has 4 nitrogen and oxygen atoms in total. The second kappa shape index (κ2) is 3.90. The average molecular weight is 225 g/mol. The third kappa shape index (κ3) is 1.63. The molecule has 0 bridgehead atoms. The Kier molecular flexibility index (Phi) is 2.26. The van der Waals surface area contributed by atoms with E-state index < -0.39 is 0 Å². The molecule has 3 aromatic rings. The fourth-order valence-electron chi connectivity index (χ4n) is 1.87. The van der Waals surface area contributed by atoms with E-state index >= 15 is 0 Å². The van der Waals surface area contributed by atoms with Gasteiger partial charge in [0.05, 0.1) is 24.6 Å². The first-order valence-electron chi connectivity index (χ1n) is 5.29. The zero-order valence-corrected chi connectivity index (χ0v) is 9.37. The number of pyridine rings is 1. The van der Waals surface area contributed by atoms with Crippen LogP contribution < -0.4 is 4.74 Å². The maximum absolute atomic E-state index is 5.19. The molecule has 0 aliphatic carbocycles. The van der Waals surface area contributed by atoms with Crippen LogP contribution in [0, 0.1) is 0 Å². The molecule has 0 aliphatic rings. The fourth-order valence-corrected chi connectivity index (χ4v) is 1.87. The van der Waals surface area contributed by atoms with E-state index in [-0.39, 0.29) is 0 Å². The van der Waals surface area contributed by atoms with Gasteiger partial charge in [0.2, 0.25) is 0 Å². The predicted molar refractivity (Wildman–Crippen MR) is 65.4 cm³/mol. The summed E-state index contributed by atoms with van der Waals surface area (Å²) in [6.45, 7) is 0. The van der Waals surface area contributed by atoms with Gasteiger partial charge in [0.25, 0.3) is 0 Å². The van der Waals surface area contributed by atoms with Gasteiger partial charge < -0.3 is 9.30 Å². The molecule has 2 aromatic heterocycles. The topological polar surface area (TPSA) is 39.9 Å². The zero-order chi connectivity index (χ0) is 11.7. The Morgan fingerprint density at radius 1 is 1.18 bits per heavy atom. The Bertz CT molecular complexity index is 647. The van der Waals surface area contributed by atoms with Gasteiger partial charge in [0, 0.05) is 30.0 Å². The number of fused-ring (bicyclic) bond motifs is 1. The van der Waals surface area contributed by atoms with Crippen LogP contribution in [0.1, 0.15) is 0 Å². The van der Waals surface area contributed by atoms with Crippen LogP contribution in [-0.4, -0.2) is 21.6 Å². The van der Waals surface area contributed by atoms with Crippen LogP contribution >= 0.6 is 0 Å². The highest BCUT2D eigenvalue weighted by Crippen LogP contribution is 2.24. The standard InChI is InChI=1S/C13H11N3O/c1-17-10-2-3-11-12(8-10)15-5-4-13(11)16-7-6-14-9-16/h2-9H,1H3. The lowest BCUT2D eigenvalue weighted by atomic mass is 10.2. The lowest BCUT2D eigenvalue weighted by Gasteiger charge is -2.07. The lowest BCUT2D eigenvalue weighted by Crippen LogP contribution is -1.93. The molecule has 0 saturated heterocycles. The molecule has 0 atom stereocenters. The number of hydrogen-bond donors (Lipinski definition) is 0. The largest absolute Gasteiger partial charge is 0.497 e. The first kappa shape index (κ1) is 9.84. The summed E-state index contributed by atoms with van der Waals surface area (Å²) in [5.41, 5.74) is 1.98. The summed E-state index contributed by atoms with van der Waals surface area (Å²) in [6, 6.07) is 7.84. The van der Waals surface area contributed by atoms with Crippen molar-refractivity contribution in [3.8, 4) is 11.4 Å². The van der Waals surface area contributed by atoms with Crippen molar-refractivity contribution in [2.75, 3.05) is 7.11 Å². The minimum atomic E-state index is 0.813. The van der Waals surface area contributed by atoms with Crippen LogP contribution in [0.4, 0.5) is 0 Å². The van der Waals surface area contributed by atoms with Crippen LogP contribution in [0.3, 0.4) is 0 Å². The highest BCUT2D eigenvalue weighted by molar-refractivity contribution is 5.87. The van der Waals surface area contributed by atoms with Crippen molar-refractivity contribution in [3.05, 3.63) is 49.2 Å². The van der Waals surface area contributed by atoms with E-state index in [1.807, 2.05) is 35.0 Å². The van der Waals surface area contributed by atoms with Crippen molar-refractivity contribution in [1.29, 1.82) is 0 Å². The van der Waals surface area contributed by atoms with Gasteiger partial charge in [-0.2, -0.15) is 0 Å². The Hall–Kier alpha value is -2.36. The molecule has 84 valence electrons. The minimum absolute atomic E-state index is 0.813. The number of aromatic nitrogens is 3. The van der Waals surface area contributed by atoms with E-state index in [4.69, 9.17) is 4.74 Å². The molecule has 0 fully saturated rings. The predicted octanol–water partition coefficient (Wildman–Crippen LogP) is 2.43. The number of methoxy groups -OCH3 is 1. The summed E-state index contributed by atoms with van der Waals surface area (Å²) in [5, 5.41) is 1.08. The Labute approximate surface area is 98.5 Å². The van der Waals surface area contributed by atoms with Gasteiger partial charge in [-0.15, -0.1) is 0 Å². The highest BCUT2D eigenvalue weighted by Gasteiger charge is 2.04. The molecule has 4 heteroatoms. The molecule has 0 aliphatic heterocycles. The smallest absolute Gasteiger partial charge is 0.121 e. The van der Waals surface area contributed by atoms with E-state index in [0.717, 1.165) is 22.3 Å². The van der Waals surface area contributed by atoms with Gasteiger partial charge in [0.1, 0.15) is 5.75 Å². The molecule has 0 N–H and O–H groups in total. The van der Waals surface area contributed by atoms with Gasteiger partial charge in [-0.1, -0.05) is 0 Å². The van der Waals surface area contributed by atoms with Crippen LogP contribution in [0.5, 0.6) is 5.75 Å². The Morgan fingerprint density at radius 2 is 2.12 bits per heavy atom. The summed E-state index contributed by atoms with van der Waals surface area (Å²) < 4.78 is 7.16. The number of ether oxygens (including phenoxy) is 1. The van der Waals surface area contributed by atoms with Crippen molar-refractivity contribution in [3.63, 3.8) is 0 Å². The second-order valence-corrected chi connectivity index (χ2v) is 3.68. The SMILES string of the molecule is COc1ccc2c(-n3ccnc3)ccnc2c1. The molecular weight excluding hydrogens is 214 g/mol. The summed E-state index contributed by atoms with van der Waals surface area (Å²) in [6.07, 6.45) is 7.24. The van der Waals surface area contributed by atoms with Crippen LogP contribution in [0.25, 0.3) is 16.6 Å². The quantitative estimate of drug-likeness (QED) is 0.672. The van der Waals surface area contributed by atoms with E-state index in [9.17, 15) is 0 Å². The van der Waals surface area contributed by atoms with Crippen LogP contribution in [0.15, 0.2) is 49.2 Å². The number of imidazole rings is 1. The molecule has 0 unspecified atom stereocenters. The molecular formula is C13H11N3O. The van der Waals surface area contributed by atoms with Gasteiger partial charge in [-0.25, -0.2) is 4.98 Å². The summed E-state index contributed by atoms with van der Waals surface area (Å²) in [7, 11) is 1.65. The maximum atomic E-state index is 5.19. The fraction of sp³-hybridized carbons (Fsp3) is 0.0769. The van der Waals surface area contributed by atoms with E-state index in [0.29, 0.717) is 0 Å². The summed E-state index contributed by atoms with van der Waals surface area (Å²) >= 11 is 0. The highest BCUT2D eigenvalue weighted by atomic mass is 16.5. The minimum Gasteiger partial charge on any atom is -0.497 e. The van der Waals surface area contributed by atoms with Gasteiger partial charge in [0.15, 0.2) is 0 Å². The second-order valence-electron chi connectivity index (χ2n) is 3.68. The van der Waals surface area contributed by atoms with E-state index in [1.165, 1.54) is 0 Å². The molecule has 17 heavy (non-hydrogen) atoms. The van der Waals surface area contributed by atoms with E-state index in [2.05, 4.69) is 9.97 Å². The average Bonchev–Trinajstić information content (AvgIpc) is 2.91. The third-order valence-electron chi connectivity index (χ3n) is 2.71. The monoisotopic (exact) mass is 225 g/mol. The number of rotatable bonds is 2. The van der Waals surface area contributed by atoms with Gasteiger partial charge in [-0.05, 0) is 18.2 Å². The summed E-state index contributed by atoms with van der Waals surface area (Å²) in [5.74, 6) is 0.813.